The van der Waals surface area contributed by atoms with Crippen LogP contribution in [0.15, 0.2) is 18.2 Å². The third-order valence-corrected chi connectivity index (χ3v) is 6.07. The molecule has 138 valence electrons. The van der Waals surface area contributed by atoms with Gasteiger partial charge in [-0.1, -0.05) is 25.1 Å². The van der Waals surface area contributed by atoms with E-state index in [0.717, 1.165) is 51.2 Å². The van der Waals surface area contributed by atoms with E-state index in [-0.39, 0.29) is 0 Å². The molecule has 0 spiro atoms. The number of hydrogen-bond acceptors (Lipinski definition) is 4. The van der Waals surface area contributed by atoms with Gasteiger partial charge in [0.25, 0.3) is 0 Å². The number of nitrogens with zero attached hydrogens (tertiary/aromatic N) is 4. The Morgan fingerprint density at radius 3 is 2.85 bits per heavy atom. The third-order valence-electron chi connectivity index (χ3n) is 6.07. The van der Waals surface area contributed by atoms with Crippen LogP contribution in [0.4, 0.5) is 5.69 Å². The average molecular weight is 352 g/mol. The fourth-order valence-corrected chi connectivity index (χ4v) is 4.72. The van der Waals surface area contributed by atoms with E-state index >= 15 is 0 Å². The Kier molecular flexibility index (Phi) is 3.82. The van der Waals surface area contributed by atoms with Crippen molar-refractivity contribution in [2.75, 3.05) is 24.6 Å². The minimum absolute atomic E-state index is 0.299. The molecule has 0 bridgehead atoms. The lowest BCUT2D eigenvalue weighted by molar-refractivity contribution is 0.00323. The molecule has 1 unspecified atom stereocenters. The molecule has 5 rings (SSSR count). The van der Waals surface area contributed by atoms with Gasteiger partial charge in [0.2, 0.25) is 0 Å². The minimum atomic E-state index is 0.299. The predicted molar refractivity (Wildman–Crippen MR) is 102 cm³/mol. The molecule has 0 radical (unpaired) electrons. The summed E-state index contributed by atoms with van der Waals surface area (Å²) in [5.41, 5.74) is 6.86. The molecular formula is C21H28N4O. The van der Waals surface area contributed by atoms with E-state index in [2.05, 4.69) is 51.9 Å². The summed E-state index contributed by atoms with van der Waals surface area (Å²) >= 11 is 0. The summed E-state index contributed by atoms with van der Waals surface area (Å²) in [6.45, 7) is 8.70. The Hall–Kier alpha value is -1.88. The third kappa shape index (κ3) is 2.82. The first kappa shape index (κ1) is 16.3. The lowest BCUT2D eigenvalue weighted by atomic mass is 9.83. The topological polar surface area (TPSA) is 43.2 Å². The summed E-state index contributed by atoms with van der Waals surface area (Å²) in [6, 6.07) is 6.88. The van der Waals surface area contributed by atoms with Crippen LogP contribution >= 0.6 is 0 Å². The van der Waals surface area contributed by atoms with Gasteiger partial charge in [-0.2, -0.15) is 0 Å². The maximum absolute atomic E-state index is 5.90. The van der Waals surface area contributed by atoms with Crippen LogP contribution in [0.3, 0.4) is 0 Å². The lowest BCUT2D eigenvalue weighted by Gasteiger charge is -2.47. The van der Waals surface area contributed by atoms with Crippen molar-refractivity contribution in [2.45, 2.75) is 58.6 Å². The molecule has 2 saturated heterocycles. The van der Waals surface area contributed by atoms with Crippen molar-refractivity contribution >= 4 is 5.69 Å². The Bertz CT molecular complexity index is 811. The number of fused-ring (bicyclic) bond motifs is 3. The Morgan fingerprint density at radius 2 is 2.08 bits per heavy atom. The van der Waals surface area contributed by atoms with Crippen LogP contribution in [0.2, 0.25) is 0 Å². The number of ether oxygens (including phenoxy) is 1. The number of hydrogen-bond donors (Lipinski definition) is 0. The van der Waals surface area contributed by atoms with Gasteiger partial charge in [-0.25, -0.2) is 4.68 Å². The maximum atomic E-state index is 5.90. The SMILES string of the molecule is CC1(C)CN(c2ccc3c(c2)CCc2c-3nnn2CC2CCCCO2)C1. The van der Waals surface area contributed by atoms with Crippen LogP contribution in [0.1, 0.15) is 44.4 Å². The molecule has 3 aliphatic rings. The van der Waals surface area contributed by atoms with E-state index < -0.39 is 0 Å². The summed E-state index contributed by atoms with van der Waals surface area (Å²) in [6.07, 6.45) is 5.99. The zero-order valence-electron chi connectivity index (χ0n) is 15.9. The molecule has 1 aliphatic carbocycles. The van der Waals surface area contributed by atoms with E-state index in [1.54, 1.807) is 0 Å². The molecule has 2 aromatic rings. The first-order chi connectivity index (χ1) is 12.6. The highest BCUT2D eigenvalue weighted by Crippen LogP contribution is 2.38. The molecule has 2 fully saturated rings. The van der Waals surface area contributed by atoms with Gasteiger partial charge in [-0.05, 0) is 55.2 Å². The van der Waals surface area contributed by atoms with Crippen LogP contribution < -0.4 is 4.90 Å². The van der Waals surface area contributed by atoms with Crippen molar-refractivity contribution in [3.05, 3.63) is 29.5 Å². The van der Waals surface area contributed by atoms with Gasteiger partial charge in [0.05, 0.1) is 18.3 Å². The molecular weight excluding hydrogens is 324 g/mol. The smallest absolute Gasteiger partial charge is 0.116 e. The van der Waals surface area contributed by atoms with Crippen molar-refractivity contribution in [2.24, 2.45) is 5.41 Å². The fourth-order valence-electron chi connectivity index (χ4n) is 4.72. The van der Waals surface area contributed by atoms with Crippen molar-refractivity contribution in [1.29, 1.82) is 0 Å². The minimum Gasteiger partial charge on any atom is -0.376 e. The molecule has 3 heterocycles. The van der Waals surface area contributed by atoms with Crippen LogP contribution in [0.5, 0.6) is 0 Å². The number of aromatic nitrogens is 3. The summed E-state index contributed by atoms with van der Waals surface area (Å²) < 4.78 is 7.99. The van der Waals surface area contributed by atoms with E-state index in [4.69, 9.17) is 4.74 Å². The van der Waals surface area contributed by atoms with E-state index in [1.807, 2.05) is 0 Å². The van der Waals surface area contributed by atoms with Crippen LogP contribution in [-0.4, -0.2) is 40.8 Å². The molecule has 0 saturated carbocycles. The van der Waals surface area contributed by atoms with Gasteiger partial charge in [0.15, 0.2) is 0 Å². The Labute approximate surface area is 155 Å². The molecule has 0 N–H and O–H groups in total. The molecule has 26 heavy (non-hydrogen) atoms. The van der Waals surface area contributed by atoms with Gasteiger partial charge >= 0.3 is 0 Å². The van der Waals surface area contributed by atoms with Gasteiger partial charge in [-0.3, -0.25) is 0 Å². The summed E-state index contributed by atoms with van der Waals surface area (Å²) in [5, 5.41) is 9.01. The number of rotatable bonds is 3. The van der Waals surface area contributed by atoms with E-state index in [9.17, 15) is 0 Å². The fraction of sp³-hybridized carbons (Fsp3) is 0.619. The molecule has 2 aliphatic heterocycles. The zero-order chi connectivity index (χ0) is 17.7. The average Bonchev–Trinajstić information content (AvgIpc) is 3.03. The predicted octanol–water partition coefficient (Wildman–Crippen LogP) is 3.46. The van der Waals surface area contributed by atoms with Crippen LogP contribution in [0, 0.1) is 5.41 Å². The largest absolute Gasteiger partial charge is 0.376 e. The quantitative estimate of drug-likeness (QED) is 0.848. The normalized spacial score (nSPS) is 23.9. The Balaban J connectivity index is 1.38. The summed E-state index contributed by atoms with van der Waals surface area (Å²) in [5.74, 6) is 0. The first-order valence-corrected chi connectivity index (χ1v) is 10.0. The highest BCUT2D eigenvalue weighted by atomic mass is 16.5. The second kappa shape index (κ2) is 6.08. The van der Waals surface area contributed by atoms with E-state index in [1.165, 1.54) is 35.3 Å². The highest BCUT2D eigenvalue weighted by Gasteiger charge is 2.34. The van der Waals surface area contributed by atoms with Gasteiger partial charge < -0.3 is 9.64 Å². The molecule has 0 amide bonds. The van der Waals surface area contributed by atoms with Crippen LogP contribution in [-0.2, 0) is 24.1 Å². The van der Waals surface area contributed by atoms with E-state index in [0.29, 0.717) is 11.5 Å². The van der Waals surface area contributed by atoms with Gasteiger partial charge in [-0.15, -0.1) is 5.10 Å². The number of benzene rings is 1. The molecule has 5 heteroatoms. The van der Waals surface area contributed by atoms with Crippen LogP contribution in [0.25, 0.3) is 11.3 Å². The first-order valence-electron chi connectivity index (χ1n) is 10.0. The molecule has 1 aromatic heterocycles. The van der Waals surface area contributed by atoms with Crippen molar-refractivity contribution in [3.8, 4) is 11.3 Å². The lowest BCUT2D eigenvalue weighted by Crippen LogP contribution is -2.53. The highest BCUT2D eigenvalue weighted by molar-refractivity contribution is 5.71. The Morgan fingerprint density at radius 1 is 1.19 bits per heavy atom. The summed E-state index contributed by atoms with van der Waals surface area (Å²) in [4.78, 5) is 2.48. The number of aryl methyl sites for hydroxylation is 1. The van der Waals surface area contributed by atoms with Crippen molar-refractivity contribution < 1.29 is 4.74 Å². The molecule has 5 nitrogen and oxygen atoms in total. The molecule has 1 aromatic carbocycles. The zero-order valence-corrected chi connectivity index (χ0v) is 15.9. The monoisotopic (exact) mass is 352 g/mol. The van der Waals surface area contributed by atoms with Crippen molar-refractivity contribution in [1.82, 2.24) is 15.0 Å². The van der Waals surface area contributed by atoms with Gasteiger partial charge in [0, 0.05) is 30.9 Å². The van der Waals surface area contributed by atoms with Crippen molar-refractivity contribution in [3.63, 3.8) is 0 Å². The summed E-state index contributed by atoms with van der Waals surface area (Å²) in [7, 11) is 0. The second-order valence-corrected chi connectivity index (χ2v) is 8.92. The maximum Gasteiger partial charge on any atom is 0.116 e. The standard InChI is InChI=1S/C21H28N4O/c1-21(2)13-24(14-21)16-7-8-18-15(11-16)6-9-19-20(18)22-23-25(19)12-17-5-3-4-10-26-17/h7-8,11,17H,3-6,9-10,12-14H2,1-2H3. The molecule has 1 atom stereocenters. The second-order valence-electron chi connectivity index (χ2n) is 8.92. The number of anilines is 1. The van der Waals surface area contributed by atoms with Gasteiger partial charge in [0.1, 0.15) is 5.69 Å².